The van der Waals surface area contributed by atoms with Crippen LogP contribution in [0.25, 0.3) is 5.57 Å². The van der Waals surface area contributed by atoms with Gasteiger partial charge in [0.2, 0.25) is 6.41 Å². The highest BCUT2D eigenvalue weighted by Gasteiger charge is 2.15. The largest absolute Gasteiger partial charge is 0.383 e. The van der Waals surface area contributed by atoms with E-state index in [4.69, 9.17) is 10.5 Å². The first-order chi connectivity index (χ1) is 16.1. The van der Waals surface area contributed by atoms with E-state index in [1.165, 1.54) is 4.90 Å². The molecule has 2 rings (SSSR count). The molecule has 180 valence electrons. The van der Waals surface area contributed by atoms with Gasteiger partial charge in [0.15, 0.2) is 12.1 Å². The molecular formula is C26H32N4O4. The van der Waals surface area contributed by atoms with Gasteiger partial charge in [0.25, 0.3) is 0 Å². The topological polar surface area (TPSA) is 107 Å². The predicted octanol–water partition coefficient (Wildman–Crippen LogP) is 3.54. The molecular weight excluding hydrogens is 432 g/mol. The molecule has 0 bridgehead atoms. The molecule has 0 saturated heterocycles. The molecule has 0 saturated carbocycles. The van der Waals surface area contributed by atoms with Gasteiger partial charge in [-0.1, -0.05) is 12.1 Å². The molecule has 0 atom stereocenters. The average Bonchev–Trinajstić information content (AvgIpc) is 2.87. The smallest absolute Gasteiger partial charge is 0.209 e. The number of Topliss-reactive ketones (excluding diaryl/α,β-unsaturated/α-hetero) is 1. The molecule has 0 aliphatic heterocycles. The van der Waals surface area contributed by atoms with Gasteiger partial charge in [0, 0.05) is 59.7 Å². The van der Waals surface area contributed by atoms with Gasteiger partial charge < -0.3 is 19.3 Å². The zero-order chi connectivity index (χ0) is 26.1. The monoisotopic (exact) mass is 464 g/mol. The highest BCUT2D eigenvalue weighted by atomic mass is 16.7. The number of carbonyl (C=O) groups excluding carboxylic acids is 2. The molecule has 34 heavy (non-hydrogen) atoms. The Morgan fingerprint density at radius 1 is 0.824 bits per heavy atom. The van der Waals surface area contributed by atoms with Crippen LogP contribution in [0.5, 0.6) is 0 Å². The SMILES string of the molecule is CN(C)/C=C(/C(=O)c1ccc(C#N)cc1)c1ccc(C#N)cc1.CN(C)C=O.COC(C)OC. The fourth-order valence-electron chi connectivity index (χ4n) is 2.19. The summed E-state index contributed by atoms with van der Waals surface area (Å²) in [6.07, 6.45) is 2.44. The third kappa shape index (κ3) is 11.6. The summed E-state index contributed by atoms with van der Waals surface area (Å²) in [4.78, 5) is 25.5. The van der Waals surface area contributed by atoms with Crippen molar-refractivity contribution in [3.8, 4) is 12.1 Å². The van der Waals surface area contributed by atoms with Gasteiger partial charge >= 0.3 is 0 Å². The van der Waals surface area contributed by atoms with Crippen molar-refractivity contribution >= 4 is 17.8 Å². The molecule has 8 nitrogen and oxygen atoms in total. The molecule has 2 aromatic rings. The fourth-order valence-corrected chi connectivity index (χ4v) is 2.19. The van der Waals surface area contributed by atoms with E-state index < -0.39 is 0 Å². The Morgan fingerprint density at radius 2 is 1.21 bits per heavy atom. The van der Waals surface area contributed by atoms with Crippen molar-refractivity contribution < 1.29 is 19.1 Å². The normalized spacial score (nSPS) is 9.88. The Kier molecular flexibility index (Phi) is 14.7. The fraction of sp³-hybridized carbons (Fsp3) is 0.308. The minimum absolute atomic E-state index is 0.0648. The van der Waals surface area contributed by atoms with E-state index in [-0.39, 0.29) is 12.1 Å². The molecule has 0 fully saturated rings. The zero-order valence-electron chi connectivity index (χ0n) is 20.8. The van der Waals surface area contributed by atoms with Crippen molar-refractivity contribution in [3.05, 3.63) is 77.0 Å². The van der Waals surface area contributed by atoms with Crippen molar-refractivity contribution in [2.75, 3.05) is 42.4 Å². The van der Waals surface area contributed by atoms with E-state index in [9.17, 15) is 9.59 Å². The summed E-state index contributed by atoms with van der Waals surface area (Å²) in [5.41, 5.74) is 2.85. The molecule has 0 radical (unpaired) electrons. The number of nitrogens with zero attached hydrogens (tertiary/aromatic N) is 4. The number of benzene rings is 2. The summed E-state index contributed by atoms with van der Waals surface area (Å²) in [6, 6.07) is 17.5. The van der Waals surface area contributed by atoms with E-state index in [0.717, 1.165) is 12.0 Å². The summed E-state index contributed by atoms with van der Waals surface area (Å²) >= 11 is 0. The Labute approximate surface area is 202 Å². The van der Waals surface area contributed by atoms with E-state index >= 15 is 0 Å². The third-order valence-electron chi connectivity index (χ3n) is 4.11. The summed E-state index contributed by atoms with van der Waals surface area (Å²) in [5.74, 6) is -0.132. The Balaban J connectivity index is 0.000000824. The third-order valence-corrected chi connectivity index (χ3v) is 4.11. The van der Waals surface area contributed by atoms with Gasteiger partial charge in [-0.3, -0.25) is 9.59 Å². The van der Waals surface area contributed by atoms with Crippen molar-refractivity contribution in [2.45, 2.75) is 13.2 Å². The molecule has 1 amide bonds. The van der Waals surface area contributed by atoms with Gasteiger partial charge in [-0.2, -0.15) is 10.5 Å². The number of carbonyl (C=O) groups is 2. The number of hydrogen-bond acceptors (Lipinski definition) is 7. The number of allylic oxidation sites excluding steroid dienone is 1. The first-order valence-corrected chi connectivity index (χ1v) is 10.2. The lowest BCUT2D eigenvalue weighted by Gasteiger charge is -2.12. The number of methoxy groups -OCH3 is 2. The number of amides is 1. The molecule has 0 unspecified atom stereocenters. The highest BCUT2D eigenvalue weighted by molar-refractivity contribution is 6.28. The van der Waals surface area contributed by atoms with Crippen molar-refractivity contribution in [1.82, 2.24) is 9.80 Å². The number of ketones is 1. The minimum Gasteiger partial charge on any atom is -0.383 e. The van der Waals surface area contributed by atoms with Gasteiger partial charge in [-0.25, -0.2) is 0 Å². The maximum atomic E-state index is 12.8. The Hall–Kier alpha value is -3.98. The van der Waals surface area contributed by atoms with Crippen molar-refractivity contribution in [1.29, 1.82) is 10.5 Å². The number of hydrogen-bond donors (Lipinski definition) is 0. The number of rotatable bonds is 7. The molecule has 0 spiro atoms. The molecule has 0 aliphatic rings. The van der Waals surface area contributed by atoms with Gasteiger partial charge in [0.1, 0.15) is 0 Å². The maximum absolute atomic E-state index is 12.8. The minimum atomic E-state index is -0.132. The zero-order valence-corrected chi connectivity index (χ0v) is 20.8. The van der Waals surface area contributed by atoms with E-state index in [0.29, 0.717) is 22.3 Å². The van der Waals surface area contributed by atoms with E-state index in [1.807, 2.05) is 27.1 Å². The summed E-state index contributed by atoms with van der Waals surface area (Å²) in [5, 5.41) is 17.7. The molecule has 0 heterocycles. The molecule has 0 N–H and O–H groups in total. The molecule has 2 aromatic carbocycles. The van der Waals surface area contributed by atoms with Gasteiger partial charge in [-0.05, 0) is 48.9 Å². The molecule has 8 heteroatoms. The number of ether oxygens (including phenoxy) is 2. The second kappa shape index (κ2) is 16.6. The lowest BCUT2D eigenvalue weighted by atomic mass is 9.96. The number of nitriles is 2. The quantitative estimate of drug-likeness (QED) is 0.267. The van der Waals surface area contributed by atoms with Crippen LogP contribution in [-0.4, -0.2) is 70.7 Å². The van der Waals surface area contributed by atoms with Crippen LogP contribution in [0.3, 0.4) is 0 Å². The Bertz CT molecular complexity index is 995. The Morgan fingerprint density at radius 3 is 1.47 bits per heavy atom. The first-order valence-electron chi connectivity index (χ1n) is 10.2. The lowest BCUT2D eigenvalue weighted by molar-refractivity contribution is -0.115. The van der Waals surface area contributed by atoms with Crippen molar-refractivity contribution in [2.24, 2.45) is 0 Å². The van der Waals surface area contributed by atoms with E-state index in [2.05, 4.69) is 15.5 Å². The highest BCUT2D eigenvalue weighted by Crippen LogP contribution is 2.21. The molecule has 0 aliphatic carbocycles. The van der Waals surface area contributed by atoms with Crippen LogP contribution in [0.15, 0.2) is 54.7 Å². The summed E-state index contributed by atoms with van der Waals surface area (Å²) in [7, 11) is 10.3. The van der Waals surface area contributed by atoms with Crippen LogP contribution >= 0.6 is 0 Å². The van der Waals surface area contributed by atoms with Crippen LogP contribution in [0.4, 0.5) is 0 Å². The van der Waals surface area contributed by atoms with Crippen LogP contribution in [0, 0.1) is 22.7 Å². The summed E-state index contributed by atoms with van der Waals surface area (Å²) in [6.45, 7) is 1.83. The lowest BCUT2D eigenvalue weighted by Crippen LogP contribution is -2.09. The predicted molar refractivity (Wildman–Crippen MR) is 132 cm³/mol. The molecule has 0 aromatic heterocycles. The van der Waals surface area contributed by atoms with Gasteiger partial charge in [-0.15, -0.1) is 0 Å². The summed E-state index contributed by atoms with van der Waals surface area (Å²) < 4.78 is 9.35. The second-order valence-corrected chi connectivity index (χ2v) is 7.32. The second-order valence-electron chi connectivity index (χ2n) is 7.32. The van der Waals surface area contributed by atoms with Crippen molar-refractivity contribution in [3.63, 3.8) is 0 Å². The van der Waals surface area contributed by atoms with Crippen LogP contribution in [0.2, 0.25) is 0 Å². The maximum Gasteiger partial charge on any atom is 0.209 e. The first kappa shape index (κ1) is 30.0. The standard InChI is InChI=1S/C19H15N3O.C4H10O2.C3H7NO/c1-22(2)13-18(16-7-3-14(11-20)4-8-16)19(23)17-9-5-15(12-21)6-10-17;1-4(5-2)6-3;1-4(2)3-5/h3-10,13H,1-2H3;4H,1-3H3;3H,1-2H3/b18-13+;;. The van der Waals surface area contributed by atoms with Crippen LogP contribution in [0.1, 0.15) is 34.0 Å². The van der Waals surface area contributed by atoms with Crippen LogP contribution in [-0.2, 0) is 14.3 Å². The van der Waals surface area contributed by atoms with Crippen LogP contribution < -0.4 is 0 Å². The van der Waals surface area contributed by atoms with Gasteiger partial charge in [0.05, 0.1) is 23.3 Å². The average molecular weight is 465 g/mol. The van der Waals surface area contributed by atoms with E-state index in [1.54, 1.807) is 87.9 Å².